The van der Waals surface area contributed by atoms with E-state index in [0.29, 0.717) is 27.6 Å². The highest BCUT2D eigenvalue weighted by molar-refractivity contribution is 9.10. The first-order valence-corrected chi connectivity index (χ1v) is 9.42. The number of hydrogen-bond donors (Lipinski definition) is 1. The molecule has 1 aromatic carbocycles. The summed E-state index contributed by atoms with van der Waals surface area (Å²) in [5.74, 6) is 1.15. The summed E-state index contributed by atoms with van der Waals surface area (Å²) in [5, 5.41) is 3.56. The molecule has 1 amide bonds. The van der Waals surface area contributed by atoms with Crippen molar-refractivity contribution >= 4 is 44.8 Å². The Hall–Kier alpha value is -1.47. The van der Waals surface area contributed by atoms with Crippen LogP contribution < -0.4 is 14.8 Å². The normalized spacial score (nSPS) is 21.5. The molecule has 0 aromatic heterocycles. The van der Waals surface area contributed by atoms with Gasteiger partial charge in [0.1, 0.15) is 0 Å². The Morgan fingerprint density at radius 1 is 1.25 bits per heavy atom. The van der Waals surface area contributed by atoms with Crippen molar-refractivity contribution in [3.05, 3.63) is 27.1 Å². The second-order valence-corrected chi connectivity index (χ2v) is 7.55. The van der Waals surface area contributed by atoms with E-state index in [2.05, 4.69) is 26.2 Å². The Balaban J connectivity index is 1.84. The molecule has 0 unspecified atom stereocenters. The van der Waals surface area contributed by atoms with Crippen LogP contribution in [0, 0.1) is 0 Å². The first kappa shape index (κ1) is 17.4. The molecule has 5 nitrogen and oxygen atoms in total. The Morgan fingerprint density at radius 2 is 1.92 bits per heavy atom. The van der Waals surface area contributed by atoms with Gasteiger partial charge in [0.2, 0.25) is 0 Å². The molecule has 7 heteroatoms. The van der Waals surface area contributed by atoms with E-state index in [-0.39, 0.29) is 5.91 Å². The SMILES string of the molecule is COc1cc(Br)c(/C=C2\SC(=NC3CCCC3)NC2=O)cc1OC. The van der Waals surface area contributed by atoms with Gasteiger partial charge in [0.15, 0.2) is 16.7 Å². The van der Waals surface area contributed by atoms with Crippen LogP contribution in [0.1, 0.15) is 31.2 Å². The van der Waals surface area contributed by atoms with Crippen molar-refractivity contribution in [2.24, 2.45) is 4.99 Å². The van der Waals surface area contributed by atoms with E-state index in [0.717, 1.165) is 22.9 Å². The Labute approximate surface area is 154 Å². The van der Waals surface area contributed by atoms with Gasteiger partial charge < -0.3 is 14.8 Å². The smallest absolute Gasteiger partial charge is 0.264 e. The van der Waals surface area contributed by atoms with Gasteiger partial charge in [0.25, 0.3) is 5.91 Å². The highest BCUT2D eigenvalue weighted by atomic mass is 79.9. The molecule has 1 aromatic rings. The molecule has 1 saturated heterocycles. The number of halogens is 1. The molecule has 0 atom stereocenters. The number of benzene rings is 1. The predicted molar refractivity (Wildman–Crippen MR) is 101 cm³/mol. The van der Waals surface area contributed by atoms with Crippen LogP contribution in [0.2, 0.25) is 0 Å². The third-order valence-electron chi connectivity index (χ3n) is 4.06. The first-order valence-electron chi connectivity index (χ1n) is 7.81. The third kappa shape index (κ3) is 3.78. The van der Waals surface area contributed by atoms with Crippen molar-refractivity contribution in [3.63, 3.8) is 0 Å². The summed E-state index contributed by atoms with van der Waals surface area (Å²) in [7, 11) is 3.18. The van der Waals surface area contributed by atoms with E-state index in [1.54, 1.807) is 14.2 Å². The van der Waals surface area contributed by atoms with E-state index in [9.17, 15) is 4.79 Å². The third-order valence-corrected chi connectivity index (χ3v) is 5.68. The van der Waals surface area contributed by atoms with E-state index in [1.165, 1.54) is 24.6 Å². The number of aliphatic imine (C=N–C) groups is 1. The van der Waals surface area contributed by atoms with Crippen molar-refractivity contribution < 1.29 is 14.3 Å². The van der Waals surface area contributed by atoms with Crippen molar-refractivity contribution in [1.82, 2.24) is 5.32 Å². The van der Waals surface area contributed by atoms with Crippen LogP contribution in [0.4, 0.5) is 0 Å². The molecule has 3 rings (SSSR count). The largest absolute Gasteiger partial charge is 0.493 e. The number of rotatable bonds is 4. The number of hydrogen-bond acceptors (Lipinski definition) is 5. The molecule has 2 aliphatic rings. The molecule has 1 heterocycles. The van der Waals surface area contributed by atoms with Gasteiger partial charge in [-0.15, -0.1) is 0 Å². The maximum absolute atomic E-state index is 12.2. The van der Waals surface area contributed by atoms with Gasteiger partial charge in [-0.25, -0.2) is 0 Å². The van der Waals surface area contributed by atoms with Crippen LogP contribution in [0.5, 0.6) is 11.5 Å². The summed E-state index contributed by atoms with van der Waals surface area (Å²) in [4.78, 5) is 17.5. The molecule has 24 heavy (non-hydrogen) atoms. The second-order valence-electron chi connectivity index (χ2n) is 5.67. The monoisotopic (exact) mass is 410 g/mol. The summed E-state index contributed by atoms with van der Waals surface area (Å²) in [6.45, 7) is 0. The van der Waals surface area contributed by atoms with Crippen LogP contribution in [-0.4, -0.2) is 31.3 Å². The maximum atomic E-state index is 12.2. The van der Waals surface area contributed by atoms with Gasteiger partial charge in [-0.2, -0.15) is 0 Å². The number of carbonyl (C=O) groups excluding carboxylic acids is 1. The van der Waals surface area contributed by atoms with Crippen molar-refractivity contribution in [3.8, 4) is 11.5 Å². The number of amidine groups is 1. The lowest BCUT2D eigenvalue weighted by atomic mass is 10.2. The average molecular weight is 411 g/mol. The average Bonchev–Trinajstić information content (AvgIpc) is 3.19. The summed E-state index contributed by atoms with van der Waals surface area (Å²) in [6, 6.07) is 4.02. The van der Waals surface area contributed by atoms with Gasteiger partial charge in [0.05, 0.1) is 25.2 Å². The summed E-state index contributed by atoms with van der Waals surface area (Å²) < 4.78 is 11.4. The molecule has 1 saturated carbocycles. The van der Waals surface area contributed by atoms with Crippen LogP contribution >= 0.6 is 27.7 Å². The van der Waals surface area contributed by atoms with Crippen molar-refractivity contribution in [2.45, 2.75) is 31.7 Å². The molecule has 1 N–H and O–H groups in total. The van der Waals surface area contributed by atoms with E-state index in [1.807, 2.05) is 18.2 Å². The summed E-state index contributed by atoms with van der Waals surface area (Å²) in [6.07, 6.45) is 6.51. The predicted octanol–water partition coefficient (Wildman–Crippen LogP) is 3.97. The van der Waals surface area contributed by atoms with E-state index >= 15 is 0 Å². The summed E-state index contributed by atoms with van der Waals surface area (Å²) >= 11 is 4.90. The molecule has 0 bridgehead atoms. The zero-order valence-corrected chi connectivity index (χ0v) is 16.0. The Kier molecular flexibility index (Phi) is 5.50. The lowest BCUT2D eigenvalue weighted by Crippen LogP contribution is -2.21. The molecule has 0 radical (unpaired) electrons. The minimum absolute atomic E-state index is 0.113. The number of amides is 1. The number of nitrogens with zero attached hydrogens (tertiary/aromatic N) is 1. The Bertz CT molecular complexity index is 712. The van der Waals surface area contributed by atoms with E-state index in [4.69, 9.17) is 9.47 Å². The van der Waals surface area contributed by atoms with Crippen LogP contribution in [0.15, 0.2) is 26.5 Å². The standard InChI is InChI=1S/C17H19BrN2O3S/c1-22-13-7-10(12(18)9-14(13)23-2)8-15-16(21)20-17(24-15)19-11-5-3-4-6-11/h7-9,11H,3-6H2,1-2H3,(H,19,20,21)/b15-8-. The topological polar surface area (TPSA) is 59.9 Å². The van der Waals surface area contributed by atoms with Crippen LogP contribution in [-0.2, 0) is 4.79 Å². The fraction of sp³-hybridized carbons (Fsp3) is 0.412. The lowest BCUT2D eigenvalue weighted by molar-refractivity contribution is -0.115. The molecule has 2 fully saturated rings. The fourth-order valence-electron chi connectivity index (χ4n) is 2.81. The molecule has 1 aliphatic carbocycles. The number of methoxy groups -OCH3 is 2. The molecular formula is C17H19BrN2O3S. The number of ether oxygens (including phenoxy) is 2. The van der Waals surface area contributed by atoms with Crippen LogP contribution in [0.3, 0.4) is 0 Å². The number of carbonyl (C=O) groups is 1. The zero-order valence-electron chi connectivity index (χ0n) is 13.6. The molecule has 128 valence electrons. The lowest BCUT2D eigenvalue weighted by Gasteiger charge is -2.10. The minimum atomic E-state index is -0.113. The van der Waals surface area contributed by atoms with Gasteiger partial charge in [0, 0.05) is 4.47 Å². The van der Waals surface area contributed by atoms with Gasteiger partial charge >= 0.3 is 0 Å². The minimum Gasteiger partial charge on any atom is -0.493 e. The van der Waals surface area contributed by atoms with Crippen molar-refractivity contribution in [1.29, 1.82) is 0 Å². The van der Waals surface area contributed by atoms with E-state index < -0.39 is 0 Å². The van der Waals surface area contributed by atoms with Gasteiger partial charge in [-0.1, -0.05) is 28.8 Å². The van der Waals surface area contributed by atoms with Crippen molar-refractivity contribution in [2.75, 3.05) is 14.2 Å². The second kappa shape index (κ2) is 7.61. The highest BCUT2D eigenvalue weighted by Crippen LogP contribution is 2.36. The van der Waals surface area contributed by atoms with Crippen LogP contribution in [0.25, 0.3) is 6.08 Å². The maximum Gasteiger partial charge on any atom is 0.264 e. The first-order chi connectivity index (χ1) is 11.6. The van der Waals surface area contributed by atoms with Gasteiger partial charge in [-0.05, 0) is 48.4 Å². The zero-order chi connectivity index (χ0) is 17.1. The van der Waals surface area contributed by atoms with Gasteiger partial charge in [-0.3, -0.25) is 9.79 Å². The molecule has 1 aliphatic heterocycles. The summed E-state index contributed by atoms with van der Waals surface area (Å²) in [5.41, 5.74) is 0.854. The molecule has 0 spiro atoms. The Morgan fingerprint density at radius 3 is 2.58 bits per heavy atom. The fourth-order valence-corrected chi connectivity index (χ4v) is 4.13. The highest BCUT2D eigenvalue weighted by Gasteiger charge is 2.26. The molecular weight excluding hydrogens is 392 g/mol. The number of nitrogens with one attached hydrogen (secondary N) is 1. The number of thioether (sulfide) groups is 1. The quantitative estimate of drug-likeness (QED) is 0.762.